The summed E-state index contributed by atoms with van der Waals surface area (Å²) < 4.78 is 11.3. The van der Waals surface area contributed by atoms with Gasteiger partial charge in [-0.25, -0.2) is 4.98 Å². The monoisotopic (exact) mass is 260 g/mol. The van der Waals surface area contributed by atoms with Crippen LogP contribution in [-0.4, -0.2) is 34.4 Å². The third-order valence-corrected chi connectivity index (χ3v) is 3.87. The van der Waals surface area contributed by atoms with Gasteiger partial charge in [-0.05, 0) is 12.8 Å². The molecule has 2 aliphatic rings. The third kappa shape index (κ3) is 1.85. The molecule has 0 saturated heterocycles. The lowest BCUT2D eigenvalue weighted by Gasteiger charge is -2.29. The summed E-state index contributed by atoms with van der Waals surface area (Å²) in [6.07, 6.45) is 2.34. The first-order chi connectivity index (χ1) is 9.29. The highest BCUT2D eigenvalue weighted by Gasteiger charge is 2.31. The van der Waals surface area contributed by atoms with Crippen LogP contribution in [0.25, 0.3) is 11.0 Å². The van der Waals surface area contributed by atoms with Crippen molar-refractivity contribution in [2.75, 3.05) is 13.2 Å². The number of benzene rings is 1. The van der Waals surface area contributed by atoms with Crippen molar-refractivity contribution in [2.24, 2.45) is 0 Å². The number of aliphatic hydroxyl groups is 1. The van der Waals surface area contributed by atoms with Crippen LogP contribution in [0.15, 0.2) is 12.1 Å². The van der Waals surface area contributed by atoms with E-state index in [9.17, 15) is 5.11 Å². The number of imidazole rings is 1. The Morgan fingerprint density at radius 1 is 1.16 bits per heavy atom. The molecule has 2 heterocycles. The molecule has 2 aromatic rings. The molecule has 4 rings (SSSR count). The minimum Gasteiger partial charge on any atom is -0.489 e. The minimum absolute atomic E-state index is 0.165. The Morgan fingerprint density at radius 3 is 2.63 bits per heavy atom. The Balaban J connectivity index is 1.73. The Labute approximate surface area is 110 Å². The first-order valence-electron chi connectivity index (χ1n) is 6.77. The van der Waals surface area contributed by atoms with Crippen molar-refractivity contribution >= 4 is 11.0 Å². The average molecular weight is 260 g/mol. The van der Waals surface area contributed by atoms with E-state index in [1.165, 1.54) is 0 Å². The molecule has 5 heteroatoms. The summed E-state index contributed by atoms with van der Waals surface area (Å²) in [6.45, 7) is 1.37. The van der Waals surface area contributed by atoms with Crippen LogP contribution in [0, 0.1) is 0 Å². The van der Waals surface area contributed by atoms with Crippen molar-refractivity contribution < 1.29 is 14.6 Å². The van der Waals surface area contributed by atoms with Crippen molar-refractivity contribution in [3.8, 4) is 11.5 Å². The van der Waals surface area contributed by atoms with E-state index in [4.69, 9.17) is 9.47 Å². The standard InChI is InChI=1S/C14H16N2O3/c17-9-4-8(5-9)14-15-10-6-12-13(7-11(10)16-14)19-3-1-2-18-12/h6-9,17H,1-5H2,(H,15,16). The number of fused-ring (bicyclic) bond motifs is 2. The van der Waals surface area contributed by atoms with Gasteiger partial charge in [0.1, 0.15) is 5.82 Å². The van der Waals surface area contributed by atoms with Crippen LogP contribution in [0.2, 0.25) is 0 Å². The SMILES string of the molecule is OC1CC(c2nc3cc4c(cc3[nH]2)OCCCO4)C1. The van der Waals surface area contributed by atoms with Crippen molar-refractivity contribution in [3.05, 3.63) is 18.0 Å². The summed E-state index contributed by atoms with van der Waals surface area (Å²) in [5.41, 5.74) is 1.88. The smallest absolute Gasteiger partial charge is 0.163 e. The molecule has 2 N–H and O–H groups in total. The van der Waals surface area contributed by atoms with E-state index in [0.717, 1.165) is 47.6 Å². The second-order valence-corrected chi connectivity index (χ2v) is 5.31. The Morgan fingerprint density at radius 2 is 1.89 bits per heavy atom. The van der Waals surface area contributed by atoms with Gasteiger partial charge in [0, 0.05) is 24.5 Å². The van der Waals surface area contributed by atoms with E-state index in [2.05, 4.69) is 9.97 Å². The molecule has 1 aliphatic carbocycles. The van der Waals surface area contributed by atoms with Gasteiger partial charge >= 0.3 is 0 Å². The fourth-order valence-electron chi connectivity index (χ4n) is 2.69. The number of rotatable bonds is 1. The molecule has 1 fully saturated rings. The van der Waals surface area contributed by atoms with Gasteiger partial charge in [-0.1, -0.05) is 0 Å². The number of H-pyrrole nitrogens is 1. The second kappa shape index (κ2) is 4.13. The average Bonchev–Trinajstić information content (AvgIpc) is 2.62. The number of ether oxygens (including phenoxy) is 2. The van der Waals surface area contributed by atoms with Crippen LogP contribution >= 0.6 is 0 Å². The lowest BCUT2D eigenvalue weighted by molar-refractivity contribution is 0.0720. The van der Waals surface area contributed by atoms with Gasteiger partial charge in [0.05, 0.1) is 30.4 Å². The number of aromatic amines is 1. The summed E-state index contributed by atoms with van der Waals surface area (Å²) in [7, 11) is 0. The normalized spacial score (nSPS) is 25.9. The van der Waals surface area contributed by atoms with Gasteiger partial charge in [0.2, 0.25) is 0 Å². The van der Waals surface area contributed by atoms with Gasteiger partial charge < -0.3 is 19.6 Å². The van der Waals surface area contributed by atoms with Crippen LogP contribution in [0.4, 0.5) is 0 Å². The van der Waals surface area contributed by atoms with Gasteiger partial charge in [0.15, 0.2) is 11.5 Å². The number of nitrogens with zero attached hydrogens (tertiary/aromatic N) is 1. The lowest BCUT2D eigenvalue weighted by Crippen LogP contribution is -2.27. The first-order valence-corrected chi connectivity index (χ1v) is 6.77. The van der Waals surface area contributed by atoms with Crippen LogP contribution in [0.1, 0.15) is 31.0 Å². The molecule has 0 atom stereocenters. The van der Waals surface area contributed by atoms with Crippen molar-refractivity contribution in [1.29, 1.82) is 0 Å². The summed E-state index contributed by atoms with van der Waals surface area (Å²) in [6, 6.07) is 3.90. The number of aromatic nitrogens is 2. The fraction of sp³-hybridized carbons (Fsp3) is 0.500. The van der Waals surface area contributed by atoms with E-state index in [-0.39, 0.29) is 6.10 Å². The Kier molecular flexibility index (Phi) is 2.41. The maximum absolute atomic E-state index is 9.38. The molecule has 1 aromatic heterocycles. The number of hydrogen-bond acceptors (Lipinski definition) is 4. The van der Waals surface area contributed by atoms with E-state index in [1.807, 2.05) is 12.1 Å². The highest BCUT2D eigenvalue weighted by atomic mass is 16.5. The first kappa shape index (κ1) is 11.1. The van der Waals surface area contributed by atoms with Crippen LogP contribution in [0.5, 0.6) is 11.5 Å². The number of nitrogens with one attached hydrogen (secondary N) is 1. The highest BCUT2D eigenvalue weighted by molar-refractivity contribution is 5.80. The Hall–Kier alpha value is -1.75. The largest absolute Gasteiger partial charge is 0.489 e. The Bertz CT molecular complexity index is 573. The van der Waals surface area contributed by atoms with Crippen LogP contribution < -0.4 is 9.47 Å². The van der Waals surface area contributed by atoms with Crippen molar-refractivity contribution in [1.82, 2.24) is 9.97 Å². The van der Waals surface area contributed by atoms with Gasteiger partial charge in [-0.3, -0.25) is 0 Å². The molecular weight excluding hydrogens is 244 g/mol. The molecule has 100 valence electrons. The molecular formula is C14H16N2O3. The van der Waals surface area contributed by atoms with Gasteiger partial charge in [0.25, 0.3) is 0 Å². The quantitative estimate of drug-likeness (QED) is 0.822. The molecule has 19 heavy (non-hydrogen) atoms. The summed E-state index contributed by atoms with van der Waals surface area (Å²) in [4.78, 5) is 7.94. The van der Waals surface area contributed by atoms with Crippen molar-refractivity contribution in [3.63, 3.8) is 0 Å². The topological polar surface area (TPSA) is 67.4 Å². The maximum Gasteiger partial charge on any atom is 0.163 e. The molecule has 0 amide bonds. The van der Waals surface area contributed by atoms with Crippen LogP contribution in [-0.2, 0) is 0 Å². The van der Waals surface area contributed by atoms with Crippen molar-refractivity contribution in [2.45, 2.75) is 31.3 Å². The van der Waals surface area contributed by atoms with Gasteiger partial charge in [-0.2, -0.15) is 0 Å². The second-order valence-electron chi connectivity index (χ2n) is 5.31. The summed E-state index contributed by atoms with van der Waals surface area (Å²) in [5.74, 6) is 2.87. The molecule has 0 radical (unpaired) electrons. The molecule has 1 aliphatic heterocycles. The zero-order valence-electron chi connectivity index (χ0n) is 10.6. The van der Waals surface area contributed by atoms with E-state index in [0.29, 0.717) is 19.1 Å². The number of aliphatic hydroxyl groups excluding tert-OH is 1. The molecule has 1 aromatic carbocycles. The minimum atomic E-state index is -0.165. The van der Waals surface area contributed by atoms with Crippen LogP contribution in [0.3, 0.4) is 0 Å². The van der Waals surface area contributed by atoms with E-state index in [1.54, 1.807) is 0 Å². The van der Waals surface area contributed by atoms with E-state index >= 15 is 0 Å². The maximum atomic E-state index is 9.38. The molecule has 5 nitrogen and oxygen atoms in total. The van der Waals surface area contributed by atoms with E-state index < -0.39 is 0 Å². The molecule has 1 saturated carbocycles. The number of hydrogen-bond donors (Lipinski definition) is 2. The summed E-state index contributed by atoms with van der Waals surface area (Å²) >= 11 is 0. The fourth-order valence-corrected chi connectivity index (χ4v) is 2.69. The van der Waals surface area contributed by atoms with Gasteiger partial charge in [-0.15, -0.1) is 0 Å². The highest BCUT2D eigenvalue weighted by Crippen LogP contribution is 2.38. The molecule has 0 unspecified atom stereocenters. The zero-order chi connectivity index (χ0) is 12.8. The molecule has 0 bridgehead atoms. The zero-order valence-corrected chi connectivity index (χ0v) is 10.6. The third-order valence-electron chi connectivity index (χ3n) is 3.87. The molecule has 0 spiro atoms. The lowest BCUT2D eigenvalue weighted by atomic mass is 9.82. The predicted molar refractivity (Wildman–Crippen MR) is 69.7 cm³/mol. The summed E-state index contributed by atoms with van der Waals surface area (Å²) in [5, 5.41) is 9.38. The predicted octanol–water partition coefficient (Wildman–Crippen LogP) is 1.96.